The van der Waals surface area contributed by atoms with Gasteiger partial charge in [-0.2, -0.15) is 0 Å². The fourth-order valence-corrected chi connectivity index (χ4v) is 2.87. The van der Waals surface area contributed by atoms with Crippen molar-refractivity contribution in [2.45, 2.75) is 24.7 Å². The maximum absolute atomic E-state index is 12.0. The first-order valence-corrected chi connectivity index (χ1v) is 7.22. The molecule has 0 unspecified atom stereocenters. The highest BCUT2D eigenvalue weighted by molar-refractivity contribution is 7.89. The first-order valence-electron chi connectivity index (χ1n) is 5.74. The zero-order valence-corrected chi connectivity index (χ0v) is 11.3. The zero-order chi connectivity index (χ0) is 14.5. The molecule has 106 valence electrons. The van der Waals surface area contributed by atoms with Crippen LogP contribution in [0.3, 0.4) is 0 Å². The molecule has 2 N–H and O–H groups in total. The molecule has 0 aliphatic heterocycles. The van der Waals surface area contributed by atoms with Gasteiger partial charge >= 0.3 is 0 Å². The predicted octanol–water partition coefficient (Wildman–Crippen LogP) is 0.954. The van der Waals surface area contributed by atoms with Gasteiger partial charge in [-0.15, -0.1) is 0 Å². The summed E-state index contributed by atoms with van der Waals surface area (Å²) < 4.78 is 26.3. The molecule has 1 rings (SSSR count). The minimum absolute atomic E-state index is 0.0122. The van der Waals surface area contributed by atoms with Crippen molar-refractivity contribution >= 4 is 15.7 Å². The number of rotatable bonds is 7. The summed E-state index contributed by atoms with van der Waals surface area (Å²) in [5.74, 6) is 0. The molecule has 0 atom stereocenters. The fourth-order valence-electron chi connectivity index (χ4n) is 1.57. The summed E-state index contributed by atoms with van der Waals surface area (Å²) in [5.41, 5.74) is 0.181. The number of unbranched alkanes of at least 4 members (excludes halogenated alkanes) is 1. The van der Waals surface area contributed by atoms with Gasteiger partial charge < -0.3 is 5.11 Å². The van der Waals surface area contributed by atoms with Crippen molar-refractivity contribution in [1.29, 1.82) is 0 Å². The average Bonchev–Trinajstić information content (AvgIpc) is 2.34. The van der Waals surface area contributed by atoms with E-state index in [1.54, 1.807) is 0 Å². The lowest BCUT2D eigenvalue weighted by atomic mass is 10.2. The molecule has 8 heteroatoms. The molecule has 7 nitrogen and oxygen atoms in total. The van der Waals surface area contributed by atoms with Gasteiger partial charge in [0.2, 0.25) is 10.0 Å². The molecule has 0 fully saturated rings. The van der Waals surface area contributed by atoms with Crippen LogP contribution in [-0.4, -0.2) is 31.6 Å². The van der Waals surface area contributed by atoms with Crippen molar-refractivity contribution in [2.75, 3.05) is 13.2 Å². The third kappa shape index (κ3) is 4.27. The third-order valence-corrected chi connectivity index (χ3v) is 4.16. The summed E-state index contributed by atoms with van der Waals surface area (Å²) in [6.07, 6.45) is 1.05. The van der Waals surface area contributed by atoms with E-state index in [1.807, 2.05) is 0 Å². The lowest BCUT2D eigenvalue weighted by Gasteiger charge is -2.08. The third-order valence-electron chi connectivity index (χ3n) is 2.54. The molecule has 0 amide bonds. The number of nitro groups is 1. The standard InChI is InChI=1S/C11H16N2O5S/c1-9-8-10(13(15)16)4-5-11(9)19(17,18)12-6-2-3-7-14/h4-5,8,12,14H,2-3,6-7H2,1H3. The molecule has 0 aromatic heterocycles. The fraction of sp³-hybridized carbons (Fsp3) is 0.455. The second-order valence-electron chi connectivity index (χ2n) is 4.04. The van der Waals surface area contributed by atoms with Crippen LogP contribution in [0.15, 0.2) is 23.1 Å². The number of sulfonamides is 1. The van der Waals surface area contributed by atoms with Crippen LogP contribution >= 0.6 is 0 Å². The number of nitrogens with zero attached hydrogens (tertiary/aromatic N) is 1. The monoisotopic (exact) mass is 288 g/mol. The maximum atomic E-state index is 12.0. The molecular weight excluding hydrogens is 272 g/mol. The zero-order valence-electron chi connectivity index (χ0n) is 10.5. The first-order chi connectivity index (χ1) is 8.88. The summed E-state index contributed by atoms with van der Waals surface area (Å²) in [6.45, 7) is 1.74. The smallest absolute Gasteiger partial charge is 0.269 e. The van der Waals surface area contributed by atoms with Crippen LogP contribution in [0.5, 0.6) is 0 Å². The Bertz CT molecular complexity index is 556. The Morgan fingerprint density at radius 1 is 1.37 bits per heavy atom. The van der Waals surface area contributed by atoms with Crippen LogP contribution in [0, 0.1) is 17.0 Å². The van der Waals surface area contributed by atoms with E-state index in [-0.39, 0.29) is 23.7 Å². The number of nitro benzene ring substituents is 1. The Morgan fingerprint density at radius 3 is 2.58 bits per heavy atom. The second-order valence-corrected chi connectivity index (χ2v) is 5.77. The van der Waals surface area contributed by atoms with E-state index < -0.39 is 14.9 Å². The largest absolute Gasteiger partial charge is 0.396 e. The Labute approximate surface area is 111 Å². The van der Waals surface area contributed by atoms with Crippen molar-refractivity contribution in [3.8, 4) is 0 Å². The molecule has 0 saturated heterocycles. The lowest BCUT2D eigenvalue weighted by molar-refractivity contribution is -0.385. The molecule has 0 heterocycles. The van der Waals surface area contributed by atoms with Gasteiger partial charge in [0.1, 0.15) is 0 Å². The van der Waals surface area contributed by atoms with Crippen molar-refractivity contribution in [3.63, 3.8) is 0 Å². The van der Waals surface area contributed by atoms with Crippen molar-refractivity contribution in [2.24, 2.45) is 0 Å². The first kappa shape index (κ1) is 15.5. The molecule has 1 aromatic carbocycles. The van der Waals surface area contributed by atoms with Gasteiger partial charge in [-0.1, -0.05) is 0 Å². The normalized spacial score (nSPS) is 11.5. The van der Waals surface area contributed by atoms with Crippen LogP contribution in [0.4, 0.5) is 5.69 Å². The maximum Gasteiger partial charge on any atom is 0.269 e. The van der Waals surface area contributed by atoms with E-state index in [2.05, 4.69) is 4.72 Å². The highest BCUT2D eigenvalue weighted by atomic mass is 32.2. The van der Waals surface area contributed by atoms with Crippen LogP contribution in [-0.2, 0) is 10.0 Å². The number of hydrogen-bond donors (Lipinski definition) is 2. The number of non-ortho nitro benzene ring substituents is 1. The molecule has 0 spiro atoms. The number of nitrogens with one attached hydrogen (secondary N) is 1. The molecule has 0 bridgehead atoms. The number of benzene rings is 1. The van der Waals surface area contributed by atoms with Crippen LogP contribution in [0.25, 0.3) is 0 Å². The summed E-state index contributed by atoms with van der Waals surface area (Å²) in [7, 11) is -3.67. The number of aryl methyl sites for hydroxylation is 1. The molecule has 19 heavy (non-hydrogen) atoms. The van der Waals surface area contributed by atoms with Gasteiger partial charge in [0.15, 0.2) is 0 Å². The lowest BCUT2D eigenvalue weighted by Crippen LogP contribution is -2.25. The van der Waals surface area contributed by atoms with E-state index in [1.165, 1.54) is 19.1 Å². The summed E-state index contributed by atoms with van der Waals surface area (Å²) in [6, 6.07) is 3.61. The van der Waals surface area contributed by atoms with Gasteiger partial charge in [0, 0.05) is 25.3 Å². The molecule has 0 saturated carbocycles. The van der Waals surface area contributed by atoms with Gasteiger partial charge in [-0.3, -0.25) is 10.1 Å². The predicted molar refractivity (Wildman–Crippen MR) is 69.3 cm³/mol. The summed E-state index contributed by atoms with van der Waals surface area (Å²) in [5, 5.41) is 19.2. The Balaban J connectivity index is 2.87. The van der Waals surface area contributed by atoms with Crippen LogP contribution in [0.1, 0.15) is 18.4 Å². The Hall–Kier alpha value is -1.51. The minimum Gasteiger partial charge on any atom is -0.396 e. The Morgan fingerprint density at radius 2 is 2.05 bits per heavy atom. The van der Waals surface area contributed by atoms with E-state index in [4.69, 9.17) is 5.11 Å². The average molecular weight is 288 g/mol. The van der Waals surface area contributed by atoms with Crippen molar-refractivity contribution in [1.82, 2.24) is 4.72 Å². The SMILES string of the molecule is Cc1cc([N+](=O)[O-])ccc1S(=O)(=O)NCCCCO. The molecule has 0 radical (unpaired) electrons. The molecule has 0 aliphatic carbocycles. The number of hydrogen-bond acceptors (Lipinski definition) is 5. The molecule has 1 aromatic rings. The summed E-state index contributed by atoms with van der Waals surface area (Å²) in [4.78, 5) is 10.0. The minimum atomic E-state index is -3.67. The van der Waals surface area contributed by atoms with E-state index in [9.17, 15) is 18.5 Å². The van der Waals surface area contributed by atoms with E-state index in [0.29, 0.717) is 18.4 Å². The van der Waals surface area contributed by atoms with Gasteiger partial charge in [0.25, 0.3) is 5.69 Å². The Kier molecular flexibility index (Phi) is 5.40. The molecular formula is C11H16N2O5S. The van der Waals surface area contributed by atoms with Crippen molar-refractivity contribution in [3.05, 3.63) is 33.9 Å². The van der Waals surface area contributed by atoms with Gasteiger partial charge in [-0.05, 0) is 31.4 Å². The highest BCUT2D eigenvalue weighted by Crippen LogP contribution is 2.20. The quantitative estimate of drug-likeness (QED) is 0.441. The molecule has 0 aliphatic rings. The second kappa shape index (κ2) is 6.60. The van der Waals surface area contributed by atoms with Crippen molar-refractivity contribution < 1.29 is 18.4 Å². The van der Waals surface area contributed by atoms with Crippen LogP contribution < -0.4 is 4.72 Å². The number of aliphatic hydroxyl groups is 1. The van der Waals surface area contributed by atoms with E-state index in [0.717, 1.165) is 6.07 Å². The van der Waals surface area contributed by atoms with Gasteiger partial charge in [0.05, 0.1) is 9.82 Å². The highest BCUT2D eigenvalue weighted by Gasteiger charge is 2.18. The van der Waals surface area contributed by atoms with Gasteiger partial charge in [-0.25, -0.2) is 13.1 Å². The summed E-state index contributed by atoms with van der Waals surface area (Å²) >= 11 is 0. The number of aliphatic hydroxyl groups excluding tert-OH is 1. The van der Waals surface area contributed by atoms with Crippen LogP contribution in [0.2, 0.25) is 0 Å². The van der Waals surface area contributed by atoms with E-state index >= 15 is 0 Å². The topological polar surface area (TPSA) is 110 Å².